The van der Waals surface area contributed by atoms with Crippen molar-refractivity contribution in [1.82, 2.24) is 24.8 Å². The Morgan fingerprint density at radius 2 is 1.97 bits per heavy atom. The van der Waals surface area contributed by atoms with Gasteiger partial charge in [-0.25, -0.2) is 4.68 Å². The van der Waals surface area contributed by atoms with E-state index in [9.17, 15) is 9.59 Å². The Hall–Kier alpha value is -3.42. The van der Waals surface area contributed by atoms with Crippen LogP contribution in [-0.2, 0) is 19.5 Å². The van der Waals surface area contributed by atoms with Crippen molar-refractivity contribution in [3.63, 3.8) is 0 Å². The molecular weight excluding hydrogens is 394 g/mol. The third kappa shape index (κ3) is 3.73. The van der Waals surface area contributed by atoms with E-state index in [1.807, 2.05) is 21.9 Å². The van der Waals surface area contributed by atoms with E-state index in [2.05, 4.69) is 22.4 Å². The van der Waals surface area contributed by atoms with Gasteiger partial charge in [0.2, 0.25) is 0 Å². The summed E-state index contributed by atoms with van der Waals surface area (Å²) in [6, 6.07) is 9.96. The molecule has 8 nitrogen and oxygen atoms in total. The van der Waals surface area contributed by atoms with Crippen LogP contribution in [0.1, 0.15) is 50.6 Å². The van der Waals surface area contributed by atoms with Gasteiger partial charge in [-0.1, -0.05) is 29.5 Å². The van der Waals surface area contributed by atoms with Gasteiger partial charge in [-0.15, -0.1) is 5.10 Å². The lowest BCUT2D eigenvalue weighted by atomic mass is 10.00. The molecule has 1 aromatic carbocycles. The summed E-state index contributed by atoms with van der Waals surface area (Å²) in [5, 5.41) is 8.30. The number of carbonyl (C=O) groups excluding carboxylic acids is 2. The number of benzene rings is 1. The first-order valence-corrected chi connectivity index (χ1v) is 10.7. The fourth-order valence-electron chi connectivity index (χ4n) is 4.59. The van der Waals surface area contributed by atoms with Crippen molar-refractivity contribution in [2.75, 3.05) is 13.1 Å². The largest absolute Gasteiger partial charge is 0.469 e. The summed E-state index contributed by atoms with van der Waals surface area (Å²) in [4.78, 5) is 29.6. The predicted octanol–water partition coefficient (Wildman–Crippen LogP) is 2.68. The van der Waals surface area contributed by atoms with Crippen molar-refractivity contribution in [2.24, 2.45) is 0 Å². The Labute approximate surface area is 180 Å². The van der Waals surface area contributed by atoms with Crippen molar-refractivity contribution in [2.45, 2.75) is 45.3 Å². The first-order chi connectivity index (χ1) is 15.1. The molecule has 1 saturated heterocycles. The maximum atomic E-state index is 13.0. The van der Waals surface area contributed by atoms with Crippen molar-refractivity contribution in [3.8, 4) is 0 Å². The van der Waals surface area contributed by atoms with Gasteiger partial charge in [0.05, 0.1) is 30.6 Å². The Morgan fingerprint density at radius 1 is 1.13 bits per heavy atom. The molecule has 160 valence electrons. The van der Waals surface area contributed by atoms with Crippen molar-refractivity contribution in [3.05, 3.63) is 70.9 Å². The van der Waals surface area contributed by atoms with Crippen LogP contribution in [0.25, 0.3) is 0 Å². The number of furan rings is 1. The Morgan fingerprint density at radius 3 is 2.77 bits per heavy atom. The first-order valence-electron chi connectivity index (χ1n) is 10.7. The molecule has 0 spiro atoms. The zero-order chi connectivity index (χ0) is 21.4. The second-order valence-corrected chi connectivity index (χ2v) is 8.26. The Kier molecular flexibility index (Phi) is 5.05. The minimum absolute atomic E-state index is 0.0165. The van der Waals surface area contributed by atoms with Crippen LogP contribution in [0, 0.1) is 6.92 Å². The molecule has 0 N–H and O–H groups in total. The normalized spacial score (nSPS) is 18.3. The zero-order valence-corrected chi connectivity index (χ0v) is 17.5. The lowest BCUT2D eigenvalue weighted by Gasteiger charge is -2.28. The second-order valence-electron chi connectivity index (χ2n) is 8.26. The molecule has 8 heteroatoms. The molecule has 31 heavy (non-hydrogen) atoms. The summed E-state index contributed by atoms with van der Waals surface area (Å²) in [5.41, 5.74) is 3.44. The topological polar surface area (TPSA) is 84.5 Å². The summed E-state index contributed by atoms with van der Waals surface area (Å²) in [7, 11) is 0. The van der Waals surface area contributed by atoms with Gasteiger partial charge in [-0.05, 0) is 43.4 Å². The van der Waals surface area contributed by atoms with E-state index in [-0.39, 0.29) is 17.9 Å². The van der Waals surface area contributed by atoms with Crippen LogP contribution < -0.4 is 0 Å². The van der Waals surface area contributed by atoms with Crippen LogP contribution in [-0.4, -0.2) is 55.7 Å². The van der Waals surface area contributed by atoms with Gasteiger partial charge in [-0.2, -0.15) is 0 Å². The third-order valence-corrected chi connectivity index (χ3v) is 6.30. The van der Waals surface area contributed by atoms with E-state index in [1.165, 1.54) is 11.1 Å². The maximum absolute atomic E-state index is 13.0. The molecule has 3 aromatic rings. The molecule has 5 rings (SSSR count). The molecule has 0 unspecified atom stereocenters. The lowest BCUT2D eigenvalue weighted by Crippen LogP contribution is -2.38. The van der Waals surface area contributed by atoms with Crippen LogP contribution in [0.4, 0.5) is 0 Å². The number of nitrogens with zero attached hydrogens (tertiary/aromatic N) is 5. The van der Waals surface area contributed by atoms with E-state index in [1.54, 1.807) is 30.1 Å². The molecule has 0 radical (unpaired) electrons. The van der Waals surface area contributed by atoms with E-state index in [0.717, 1.165) is 19.3 Å². The number of carbonyl (C=O) groups is 2. The molecular formula is C23H25N5O3. The van der Waals surface area contributed by atoms with Gasteiger partial charge in [0.1, 0.15) is 5.76 Å². The van der Waals surface area contributed by atoms with Gasteiger partial charge in [0.25, 0.3) is 11.8 Å². The number of likely N-dealkylation sites (tertiary alicyclic amines) is 1. The highest BCUT2D eigenvalue weighted by Gasteiger charge is 2.32. The molecule has 0 bridgehead atoms. The summed E-state index contributed by atoms with van der Waals surface area (Å²) < 4.78 is 6.97. The molecule has 4 heterocycles. The summed E-state index contributed by atoms with van der Waals surface area (Å²) >= 11 is 0. The van der Waals surface area contributed by atoms with Crippen molar-refractivity contribution in [1.29, 1.82) is 0 Å². The SMILES string of the molecule is Cc1occc1C(=O)N1CCC[C@H]1Cn1cc(C(=O)N2CCc3ccccc3C2)nn1. The summed E-state index contributed by atoms with van der Waals surface area (Å²) in [5.74, 6) is 0.513. The van der Waals surface area contributed by atoms with Gasteiger partial charge >= 0.3 is 0 Å². The lowest BCUT2D eigenvalue weighted by molar-refractivity contribution is 0.0713. The van der Waals surface area contributed by atoms with E-state index >= 15 is 0 Å². The number of aromatic nitrogens is 3. The summed E-state index contributed by atoms with van der Waals surface area (Å²) in [6.45, 7) is 4.30. The van der Waals surface area contributed by atoms with Gasteiger partial charge in [0, 0.05) is 19.6 Å². The minimum Gasteiger partial charge on any atom is -0.469 e. The highest BCUT2D eigenvalue weighted by molar-refractivity contribution is 5.95. The monoisotopic (exact) mass is 419 g/mol. The molecule has 2 aliphatic heterocycles. The highest BCUT2D eigenvalue weighted by atomic mass is 16.3. The van der Waals surface area contributed by atoms with E-state index in [0.29, 0.717) is 43.2 Å². The second kappa shape index (κ2) is 8.02. The minimum atomic E-state index is -0.103. The number of fused-ring (bicyclic) bond motifs is 1. The zero-order valence-electron chi connectivity index (χ0n) is 17.5. The van der Waals surface area contributed by atoms with Crippen LogP contribution in [0.15, 0.2) is 47.2 Å². The van der Waals surface area contributed by atoms with Crippen molar-refractivity contribution < 1.29 is 14.0 Å². The van der Waals surface area contributed by atoms with Crippen LogP contribution in [0.5, 0.6) is 0 Å². The molecule has 0 saturated carbocycles. The fraction of sp³-hybridized carbons (Fsp3) is 0.391. The molecule has 1 fully saturated rings. The van der Waals surface area contributed by atoms with Crippen molar-refractivity contribution >= 4 is 11.8 Å². The number of rotatable bonds is 4. The average molecular weight is 419 g/mol. The van der Waals surface area contributed by atoms with Crippen LogP contribution in [0.3, 0.4) is 0 Å². The molecule has 1 atom stereocenters. The number of aryl methyl sites for hydroxylation is 1. The van der Waals surface area contributed by atoms with Crippen LogP contribution >= 0.6 is 0 Å². The Bertz CT molecular complexity index is 1120. The molecule has 2 aromatic heterocycles. The smallest absolute Gasteiger partial charge is 0.276 e. The molecule has 2 aliphatic rings. The Balaban J connectivity index is 1.26. The molecule has 0 aliphatic carbocycles. The van der Waals surface area contributed by atoms with Gasteiger partial charge < -0.3 is 14.2 Å². The molecule has 2 amide bonds. The van der Waals surface area contributed by atoms with Crippen LogP contribution in [0.2, 0.25) is 0 Å². The quantitative estimate of drug-likeness (QED) is 0.649. The average Bonchev–Trinajstić information content (AvgIpc) is 3.54. The number of amides is 2. The maximum Gasteiger partial charge on any atom is 0.276 e. The fourth-order valence-corrected chi connectivity index (χ4v) is 4.59. The third-order valence-electron chi connectivity index (χ3n) is 6.30. The predicted molar refractivity (Wildman–Crippen MR) is 112 cm³/mol. The number of hydrogen-bond donors (Lipinski definition) is 0. The highest BCUT2D eigenvalue weighted by Crippen LogP contribution is 2.24. The van der Waals surface area contributed by atoms with E-state index < -0.39 is 0 Å². The summed E-state index contributed by atoms with van der Waals surface area (Å²) in [6.07, 6.45) is 5.94. The number of hydrogen-bond acceptors (Lipinski definition) is 5. The van der Waals surface area contributed by atoms with Gasteiger partial charge in [0.15, 0.2) is 5.69 Å². The van der Waals surface area contributed by atoms with Gasteiger partial charge in [-0.3, -0.25) is 9.59 Å². The first kappa shape index (κ1) is 19.5. The standard InChI is InChI=1S/C23H25N5O3/c1-16-20(9-12-31-16)22(29)28-10-4-7-19(28)14-27-15-21(24-25-27)23(30)26-11-8-17-5-2-3-6-18(17)13-26/h2-3,5-6,9,12,15,19H,4,7-8,10-11,13-14H2,1H3/t19-/m0/s1. The van der Waals surface area contributed by atoms with E-state index in [4.69, 9.17) is 4.42 Å².